The predicted octanol–water partition coefficient (Wildman–Crippen LogP) is 3.26. The normalized spacial score (nSPS) is 11.9. The first-order valence-electron chi connectivity index (χ1n) is 6.75. The second kappa shape index (κ2) is 7.04. The van der Waals surface area contributed by atoms with Gasteiger partial charge in [-0.1, -0.05) is 37.3 Å². The van der Waals surface area contributed by atoms with Gasteiger partial charge in [-0.2, -0.15) is 0 Å². The Morgan fingerprint density at radius 1 is 1.29 bits per heavy atom. The van der Waals surface area contributed by atoms with Crippen LogP contribution >= 0.6 is 11.3 Å². The van der Waals surface area contributed by atoms with Crippen molar-refractivity contribution in [3.05, 3.63) is 57.8 Å². The smallest absolute Gasteiger partial charge is 0.336 e. The van der Waals surface area contributed by atoms with E-state index < -0.39 is 5.97 Å². The van der Waals surface area contributed by atoms with E-state index in [4.69, 9.17) is 5.11 Å². The molecule has 2 rings (SSSR count). The molecule has 0 aliphatic heterocycles. The molecule has 0 saturated heterocycles. The maximum atomic E-state index is 12.1. The molecule has 0 bridgehead atoms. The molecule has 0 spiro atoms. The predicted molar refractivity (Wildman–Crippen MR) is 82.6 cm³/mol. The third kappa shape index (κ3) is 4.16. The van der Waals surface area contributed by atoms with Crippen LogP contribution in [-0.4, -0.2) is 17.0 Å². The first-order valence-corrected chi connectivity index (χ1v) is 7.63. The number of hydrogen-bond acceptors (Lipinski definition) is 3. The molecule has 2 aromatic rings. The quantitative estimate of drug-likeness (QED) is 0.861. The van der Waals surface area contributed by atoms with Gasteiger partial charge in [-0.3, -0.25) is 4.79 Å². The van der Waals surface area contributed by atoms with Crippen molar-refractivity contribution in [1.29, 1.82) is 0 Å². The van der Waals surface area contributed by atoms with Gasteiger partial charge in [0.15, 0.2) is 0 Å². The van der Waals surface area contributed by atoms with Crippen LogP contribution in [0.5, 0.6) is 0 Å². The summed E-state index contributed by atoms with van der Waals surface area (Å²) in [7, 11) is 0. The van der Waals surface area contributed by atoms with E-state index in [2.05, 4.69) is 5.32 Å². The van der Waals surface area contributed by atoms with Crippen LogP contribution in [0.4, 0.5) is 0 Å². The van der Waals surface area contributed by atoms with Gasteiger partial charge >= 0.3 is 5.97 Å². The molecule has 1 aromatic heterocycles. The molecule has 1 unspecified atom stereocenters. The minimum Gasteiger partial charge on any atom is -0.478 e. The van der Waals surface area contributed by atoms with Crippen LogP contribution in [0.3, 0.4) is 0 Å². The molecular weight excluding hydrogens is 286 g/mol. The Hall–Kier alpha value is -2.14. The molecule has 1 atom stereocenters. The van der Waals surface area contributed by atoms with E-state index in [1.165, 1.54) is 11.3 Å². The number of benzene rings is 1. The molecule has 2 N–H and O–H groups in total. The molecule has 21 heavy (non-hydrogen) atoms. The Bertz CT molecular complexity index is 621. The van der Waals surface area contributed by atoms with Gasteiger partial charge in [0.1, 0.15) is 0 Å². The summed E-state index contributed by atoms with van der Waals surface area (Å²) in [5, 5.41) is 13.4. The SMILES string of the molecule is CCC(NC(=O)Cc1cc(C(=O)O)cs1)c1ccccc1. The number of carbonyl (C=O) groups excluding carboxylic acids is 1. The highest BCUT2D eigenvalue weighted by atomic mass is 32.1. The number of amides is 1. The van der Waals surface area contributed by atoms with Gasteiger partial charge in [-0.15, -0.1) is 11.3 Å². The maximum absolute atomic E-state index is 12.1. The van der Waals surface area contributed by atoms with Crippen molar-refractivity contribution in [2.45, 2.75) is 25.8 Å². The lowest BCUT2D eigenvalue weighted by Gasteiger charge is -2.17. The largest absolute Gasteiger partial charge is 0.478 e. The van der Waals surface area contributed by atoms with Gasteiger partial charge in [-0.25, -0.2) is 4.79 Å². The lowest BCUT2D eigenvalue weighted by Crippen LogP contribution is -2.29. The summed E-state index contributed by atoms with van der Waals surface area (Å²) in [5.41, 5.74) is 1.31. The van der Waals surface area contributed by atoms with Crippen LogP contribution in [0.15, 0.2) is 41.8 Å². The van der Waals surface area contributed by atoms with Crippen LogP contribution in [0.2, 0.25) is 0 Å². The van der Waals surface area contributed by atoms with Crippen LogP contribution in [-0.2, 0) is 11.2 Å². The Kier molecular flexibility index (Phi) is 5.11. The zero-order valence-corrected chi connectivity index (χ0v) is 12.5. The van der Waals surface area contributed by atoms with Crippen molar-refractivity contribution in [1.82, 2.24) is 5.32 Å². The van der Waals surface area contributed by atoms with E-state index >= 15 is 0 Å². The third-order valence-electron chi connectivity index (χ3n) is 3.18. The van der Waals surface area contributed by atoms with Gasteiger partial charge < -0.3 is 10.4 Å². The molecule has 1 amide bonds. The molecule has 5 heteroatoms. The Morgan fingerprint density at radius 2 is 2.00 bits per heavy atom. The molecule has 0 aliphatic rings. The summed E-state index contributed by atoms with van der Waals surface area (Å²) >= 11 is 1.30. The minimum absolute atomic E-state index is 0.0161. The van der Waals surface area contributed by atoms with E-state index in [9.17, 15) is 9.59 Å². The van der Waals surface area contributed by atoms with Crippen molar-refractivity contribution in [2.24, 2.45) is 0 Å². The highest BCUT2D eigenvalue weighted by molar-refractivity contribution is 7.10. The average Bonchev–Trinajstić information content (AvgIpc) is 2.94. The van der Waals surface area contributed by atoms with Crippen molar-refractivity contribution in [3.8, 4) is 0 Å². The second-order valence-corrected chi connectivity index (χ2v) is 5.72. The molecule has 0 radical (unpaired) electrons. The molecule has 1 aromatic carbocycles. The van der Waals surface area contributed by atoms with Crippen molar-refractivity contribution in [2.75, 3.05) is 0 Å². The molecule has 1 heterocycles. The fourth-order valence-corrected chi connectivity index (χ4v) is 2.95. The summed E-state index contributed by atoms with van der Waals surface area (Å²) in [4.78, 5) is 23.7. The van der Waals surface area contributed by atoms with E-state index in [-0.39, 0.29) is 23.9 Å². The molecule has 0 saturated carbocycles. The standard InChI is InChI=1S/C16H17NO3S/c1-2-14(11-6-4-3-5-7-11)17-15(18)9-13-8-12(10-21-13)16(19)20/h3-8,10,14H,2,9H2,1H3,(H,17,18)(H,19,20). The molecule has 110 valence electrons. The van der Waals surface area contributed by atoms with E-state index in [0.29, 0.717) is 0 Å². The fraction of sp³-hybridized carbons (Fsp3) is 0.250. The number of rotatable bonds is 6. The fourth-order valence-electron chi connectivity index (χ4n) is 2.10. The summed E-state index contributed by atoms with van der Waals surface area (Å²) < 4.78 is 0. The lowest BCUT2D eigenvalue weighted by molar-refractivity contribution is -0.121. The number of nitrogens with one attached hydrogen (secondary N) is 1. The van der Waals surface area contributed by atoms with Crippen molar-refractivity contribution in [3.63, 3.8) is 0 Å². The highest BCUT2D eigenvalue weighted by Gasteiger charge is 2.14. The minimum atomic E-state index is -0.964. The van der Waals surface area contributed by atoms with Gasteiger partial charge in [0.25, 0.3) is 0 Å². The molecular formula is C16H17NO3S. The summed E-state index contributed by atoms with van der Waals surface area (Å²) in [6.45, 7) is 2.02. The van der Waals surface area contributed by atoms with Gasteiger partial charge in [0.05, 0.1) is 18.0 Å². The maximum Gasteiger partial charge on any atom is 0.336 e. The average molecular weight is 303 g/mol. The van der Waals surface area contributed by atoms with E-state index in [1.807, 2.05) is 37.3 Å². The number of carboxylic acids is 1. The van der Waals surface area contributed by atoms with Crippen LogP contribution in [0, 0.1) is 0 Å². The Labute approximate surface area is 127 Å². The number of aromatic carboxylic acids is 1. The van der Waals surface area contributed by atoms with E-state index in [1.54, 1.807) is 11.4 Å². The number of carbonyl (C=O) groups is 2. The van der Waals surface area contributed by atoms with Crippen molar-refractivity contribution < 1.29 is 14.7 Å². The Morgan fingerprint density at radius 3 is 2.57 bits per heavy atom. The summed E-state index contributed by atoms with van der Waals surface area (Å²) in [5.74, 6) is -1.06. The molecule has 0 aliphatic carbocycles. The zero-order chi connectivity index (χ0) is 15.2. The number of thiophene rings is 1. The monoisotopic (exact) mass is 303 g/mol. The van der Waals surface area contributed by atoms with Gasteiger partial charge in [0, 0.05) is 10.3 Å². The van der Waals surface area contributed by atoms with Crippen molar-refractivity contribution >= 4 is 23.2 Å². The Balaban J connectivity index is 1.98. The molecule has 4 nitrogen and oxygen atoms in total. The molecule has 0 fully saturated rings. The van der Waals surface area contributed by atoms with Crippen LogP contribution in [0.1, 0.15) is 40.2 Å². The second-order valence-electron chi connectivity index (χ2n) is 4.72. The van der Waals surface area contributed by atoms with Crippen LogP contribution in [0.25, 0.3) is 0 Å². The number of hydrogen-bond donors (Lipinski definition) is 2. The summed E-state index contributed by atoms with van der Waals surface area (Å²) in [6, 6.07) is 11.3. The van der Waals surface area contributed by atoms with E-state index in [0.717, 1.165) is 16.9 Å². The first-order chi connectivity index (χ1) is 10.1. The van der Waals surface area contributed by atoms with Gasteiger partial charge in [-0.05, 0) is 18.1 Å². The lowest BCUT2D eigenvalue weighted by atomic mass is 10.0. The zero-order valence-electron chi connectivity index (χ0n) is 11.7. The third-order valence-corrected chi connectivity index (χ3v) is 4.12. The highest BCUT2D eigenvalue weighted by Crippen LogP contribution is 2.18. The first kappa shape index (κ1) is 15.3. The van der Waals surface area contributed by atoms with Crippen LogP contribution < -0.4 is 5.32 Å². The van der Waals surface area contributed by atoms with Gasteiger partial charge in [0.2, 0.25) is 5.91 Å². The topological polar surface area (TPSA) is 66.4 Å². The number of carboxylic acid groups (broad SMARTS) is 1. The summed E-state index contributed by atoms with van der Waals surface area (Å²) in [6.07, 6.45) is 1.02.